The van der Waals surface area contributed by atoms with Gasteiger partial charge in [0.25, 0.3) is 0 Å². The number of likely N-dealkylation sites (tertiary alicyclic amines) is 1. The van der Waals surface area contributed by atoms with Crippen LogP contribution in [-0.4, -0.2) is 40.6 Å². The minimum atomic E-state index is -0.151. The highest BCUT2D eigenvalue weighted by Crippen LogP contribution is 2.30. The van der Waals surface area contributed by atoms with Crippen LogP contribution in [0.2, 0.25) is 0 Å². The van der Waals surface area contributed by atoms with E-state index in [4.69, 9.17) is 10.9 Å². The number of piperidine rings is 1. The van der Waals surface area contributed by atoms with Crippen molar-refractivity contribution in [2.24, 2.45) is 16.3 Å². The molecule has 1 saturated heterocycles. The zero-order chi connectivity index (χ0) is 13.7. The smallest absolute Gasteiger partial charge is 0.145 e. The summed E-state index contributed by atoms with van der Waals surface area (Å²) in [5.41, 5.74) is 6.94. The first-order chi connectivity index (χ1) is 9.14. The van der Waals surface area contributed by atoms with E-state index in [1.54, 1.807) is 0 Å². The van der Waals surface area contributed by atoms with Crippen molar-refractivity contribution in [2.45, 2.75) is 26.2 Å². The highest BCUT2D eigenvalue weighted by Gasteiger charge is 2.33. The number of nitrogens with two attached hydrogens (primary N) is 1. The highest BCUT2D eigenvalue weighted by atomic mass is 16.4. The number of hydrogen-bond donors (Lipinski definition) is 2. The van der Waals surface area contributed by atoms with Gasteiger partial charge in [0, 0.05) is 24.4 Å². The minimum absolute atomic E-state index is 0.151. The molecule has 1 aliphatic heterocycles. The van der Waals surface area contributed by atoms with Crippen molar-refractivity contribution in [3.8, 4) is 0 Å². The van der Waals surface area contributed by atoms with Gasteiger partial charge in [-0.05, 0) is 50.0 Å². The van der Waals surface area contributed by atoms with Crippen LogP contribution < -0.4 is 5.73 Å². The maximum absolute atomic E-state index is 8.81. The van der Waals surface area contributed by atoms with Crippen molar-refractivity contribution in [3.05, 3.63) is 30.1 Å². The highest BCUT2D eigenvalue weighted by molar-refractivity contribution is 5.85. The molecule has 0 radical (unpaired) electrons. The molecule has 5 nitrogen and oxygen atoms in total. The lowest BCUT2D eigenvalue weighted by molar-refractivity contribution is 0.160. The molecule has 2 heterocycles. The van der Waals surface area contributed by atoms with E-state index < -0.39 is 0 Å². The number of pyridine rings is 1. The van der Waals surface area contributed by atoms with Crippen LogP contribution in [0.15, 0.2) is 29.7 Å². The molecule has 0 bridgehead atoms. The Morgan fingerprint density at radius 3 is 2.63 bits per heavy atom. The number of oxime groups is 1. The first-order valence-corrected chi connectivity index (χ1v) is 6.73. The molecule has 0 unspecified atom stereocenters. The molecule has 1 aromatic rings. The third-order valence-corrected chi connectivity index (χ3v) is 4.15. The van der Waals surface area contributed by atoms with E-state index in [1.165, 1.54) is 5.56 Å². The van der Waals surface area contributed by atoms with Gasteiger partial charge in [-0.3, -0.25) is 4.98 Å². The monoisotopic (exact) mass is 262 g/mol. The fraction of sp³-hybridized carbons (Fsp3) is 0.571. The number of rotatable bonds is 4. The average Bonchev–Trinajstić information content (AvgIpc) is 2.47. The number of hydrogen-bond acceptors (Lipinski definition) is 4. The molecule has 0 aliphatic carbocycles. The van der Waals surface area contributed by atoms with Gasteiger partial charge in [0.15, 0.2) is 0 Å². The molecule has 0 spiro atoms. The van der Waals surface area contributed by atoms with E-state index in [-0.39, 0.29) is 5.41 Å². The molecule has 3 N–H and O–H groups in total. The first-order valence-electron chi connectivity index (χ1n) is 6.73. The molecule has 1 aromatic heterocycles. The summed E-state index contributed by atoms with van der Waals surface area (Å²) < 4.78 is 0. The Labute approximate surface area is 114 Å². The molecule has 0 saturated carbocycles. The van der Waals surface area contributed by atoms with Crippen LogP contribution >= 0.6 is 0 Å². The lowest BCUT2D eigenvalue weighted by Gasteiger charge is -2.38. The maximum atomic E-state index is 8.81. The van der Waals surface area contributed by atoms with Crippen molar-refractivity contribution in [1.82, 2.24) is 9.88 Å². The Balaban J connectivity index is 1.81. The minimum Gasteiger partial charge on any atom is -0.409 e. The van der Waals surface area contributed by atoms with Crippen molar-refractivity contribution in [3.63, 3.8) is 0 Å². The van der Waals surface area contributed by atoms with Crippen LogP contribution in [0, 0.1) is 5.41 Å². The first kappa shape index (κ1) is 13.8. The summed E-state index contributed by atoms with van der Waals surface area (Å²) in [5.74, 6) is 0.362. The normalized spacial score (nSPS) is 20.4. The third-order valence-electron chi connectivity index (χ3n) is 4.15. The Hall–Kier alpha value is -1.62. The van der Waals surface area contributed by atoms with Gasteiger partial charge in [-0.2, -0.15) is 0 Å². The van der Waals surface area contributed by atoms with Gasteiger partial charge in [-0.1, -0.05) is 12.1 Å². The van der Waals surface area contributed by atoms with Gasteiger partial charge in [0.05, 0.1) is 0 Å². The SMILES string of the molecule is CC1(/C(N)=N/O)CCN(CCc2ccncc2)CC1. The van der Waals surface area contributed by atoms with E-state index in [0.717, 1.165) is 38.9 Å². The molecular formula is C14H22N4O. The summed E-state index contributed by atoms with van der Waals surface area (Å²) in [7, 11) is 0. The van der Waals surface area contributed by atoms with Crippen LogP contribution in [0.3, 0.4) is 0 Å². The molecule has 1 fully saturated rings. The maximum Gasteiger partial charge on any atom is 0.145 e. The van der Waals surface area contributed by atoms with Gasteiger partial charge in [-0.25, -0.2) is 0 Å². The third kappa shape index (κ3) is 3.44. The Kier molecular flexibility index (Phi) is 4.37. The van der Waals surface area contributed by atoms with Crippen molar-refractivity contribution in [1.29, 1.82) is 0 Å². The number of amidine groups is 1. The number of nitrogens with zero attached hydrogens (tertiary/aromatic N) is 3. The predicted molar refractivity (Wildman–Crippen MR) is 75.1 cm³/mol. The molecule has 2 rings (SSSR count). The predicted octanol–water partition coefficient (Wildman–Crippen LogP) is 1.47. The van der Waals surface area contributed by atoms with Crippen LogP contribution in [0.4, 0.5) is 0 Å². The fourth-order valence-electron chi connectivity index (χ4n) is 2.48. The summed E-state index contributed by atoms with van der Waals surface area (Å²) >= 11 is 0. The van der Waals surface area contributed by atoms with Gasteiger partial charge in [0.1, 0.15) is 5.84 Å². The summed E-state index contributed by atoms with van der Waals surface area (Å²) in [6.45, 7) is 5.12. The molecule has 104 valence electrons. The van der Waals surface area contributed by atoms with Crippen molar-refractivity contribution in [2.75, 3.05) is 19.6 Å². The van der Waals surface area contributed by atoms with Gasteiger partial charge >= 0.3 is 0 Å². The number of aromatic nitrogens is 1. The van der Waals surface area contributed by atoms with E-state index >= 15 is 0 Å². The van der Waals surface area contributed by atoms with E-state index in [0.29, 0.717) is 5.84 Å². The molecular weight excluding hydrogens is 240 g/mol. The van der Waals surface area contributed by atoms with Crippen LogP contribution in [0.25, 0.3) is 0 Å². The molecule has 19 heavy (non-hydrogen) atoms. The molecule has 5 heteroatoms. The largest absolute Gasteiger partial charge is 0.409 e. The van der Waals surface area contributed by atoms with Crippen LogP contribution in [-0.2, 0) is 6.42 Å². The Morgan fingerprint density at radius 2 is 2.05 bits per heavy atom. The zero-order valence-corrected chi connectivity index (χ0v) is 11.4. The zero-order valence-electron chi connectivity index (χ0n) is 11.4. The second-order valence-corrected chi connectivity index (χ2v) is 5.49. The summed E-state index contributed by atoms with van der Waals surface area (Å²) in [4.78, 5) is 6.46. The van der Waals surface area contributed by atoms with E-state index in [1.807, 2.05) is 12.4 Å². The quantitative estimate of drug-likeness (QED) is 0.373. The van der Waals surface area contributed by atoms with Crippen molar-refractivity contribution >= 4 is 5.84 Å². The second-order valence-electron chi connectivity index (χ2n) is 5.49. The summed E-state index contributed by atoms with van der Waals surface area (Å²) in [6.07, 6.45) is 6.60. The lowest BCUT2D eigenvalue weighted by atomic mass is 9.79. The molecule has 1 aliphatic rings. The van der Waals surface area contributed by atoms with E-state index in [9.17, 15) is 0 Å². The van der Waals surface area contributed by atoms with Gasteiger partial charge in [0.2, 0.25) is 0 Å². The van der Waals surface area contributed by atoms with Crippen LogP contribution in [0.1, 0.15) is 25.3 Å². The lowest BCUT2D eigenvalue weighted by Crippen LogP contribution is -2.46. The molecule has 0 atom stereocenters. The Morgan fingerprint density at radius 1 is 1.42 bits per heavy atom. The molecule has 0 amide bonds. The Bertz CT molecular complexity index is 424. The topological polar surface area (TPSA) is 74.7 Å². The molecule has 0 aromatic carbocycles. The van der Waals surface area contributed by atoms with Crippen LogP contribution in [0.5, 0.6) is 0 Å². The van der Waals surface area contributed by atoms with Gasteiger partial charge < -0.3 is 15.8 Å². The average molecular weight is 262 g/mol. The standard InChI is InChI=1S/C14H22N4O/c1-14(13(15)17-19)5-10-18(11-6-14)9-4-12-2-7-16-8-3-12/h2-3,7-8,19H,4-6,9-11H2,1H3,(H2,15,17). The summed E-state index contributed by atoms with van der Waals surface area (Å²) in [5, 5.41) is 12.0. The van der Waals surface area contributed by atoms with Gasteiger partial charge in [-0.15, -0.1) is 0 Å². The summed E-state index contributed by atoms with van der Waals surface area (Å²) in [6, 6.07) is 4.12. The fourth-order valence-corrected chi connectivity index (χ4v) is 2.48. The van der Waals surface area contributed by atoms with E-state index in [2.05, 4.69) is 34.1 Å². The van der Waals surface area contributed by atoms with Crippen molar-refractivity contribution < 1.29 is 5.21 Å². The second kappa shape index (κ2) is 6.02.